The monoisotopic (exact) mass is 282 g/mol. The minimum Gasteiger partial charge on any atom is -0.387 e. The number of likely N-dealkylation sites (tertiary alicyclic amines) is 1. The van der Waals surface area contributed by atoms with Gasteiger partial charge < -0.3 is 19.3 Å². The Morgan fingerprint density at radius 2 is 2.40 bits per heavy atom. The molecule has 0 spiro atoms. The summed E-state index contributed by atoms with van der Waals surface area (Å²) in [6.07, 6.45) is 3.56. The van der Waals surface area contributed by atoms with E-state index in [0.717, 1.165) is 18.7 Å². The number of hydrogen-bond donors (Lipinski definition) is 1. The first-order chi connectivity index (χ1) is 9.60. The third-order valence-electron chi connectivity index (χ3n) is 3.88. The van der Waals surface area contributed by atoms with Gasteiger partial charge in [-0.1, -0.05) is 6.92 Å². The van der Waals surface area contributed by atoms with E-state index in [1.165, 1.54) is 0 Å². The molecule has 1 aliphatic heterocycles. The molecule has 7 nitrogen and oxygen atoms in total. The fourth-order valence-electron chi connectivity index (χ4n) is 2.81. The van der Waals surface area contributed by atoms with Gasteiger partial charge >= 0.3 is 0 Å². The number of carbonyl (C=O) groups is 1. The van der Waals surface area contributed by atoms with Gasteiger partial charge in [0, 0.05) is 32.2 Å². The lowest BCUT2D eigenvalue weighted by atomic mass is 9.81. The lowest BCUT2D eigenvalue weighted by Crippen LogP contribution is -2.49. The van der Waals surface area contributed by atoms with Crippen molar-refractivity contribution in [2.75, 3.05) is 33.4 Å². The summed E-state index contributed by atoms with van der Waals surface area (Å²) in [5, 5.41) is 17.2. The Morgan fingerprint density at radius 3 is 3.10 bits per heavy atom. The third-order valence-corrected chi connectivity index (χ3v) is 3.88. The molecule has 1 saturated heterocycles. The van der Waals surface area contributed by atoms with Crippen molar-refractivity contribution in [3.63, 3.8) is 0 Å². The number of aromatic nitrogens is 3. The van der Waals surface area contributed by atoms with Crippen LogP contribution in [0.4, 0.5) is 0 Å². The summed E-state index contributed by atoms with van der Waals surface area (Å²) in [5.41, 5.74) is -0.229. The van der Waals surface area contributed by atoms with Gasteiger partial charge in [0.1, 0.15) is 18.8 Å². The lowest BCUT2D eigenvalue weighted by Gasteiger charge is -2.39. The molecule has 1 aliphatic rings. The zero-order chi connectivity index (χ0) is 14.6. The van der Waals surface area contributed by atoms with Gasteiger partial charge in [0.25, 0.3) is 0 Å². The first-order valence-corrected chi connectivity index (χ1v) is 6.86. The van der Waals surface area contributed by atoms with Crippen LogP contribution in [0.2, 0.25) is 0 Å². The van der Waals surface area contributed by atoms with Gasteiger partial charge in [-0.15, -0.1) is 10.2 Å². The number of nitrogens with zero attached hydrogens (tertiary/aromatic N) is 4. The van der Waals surface area contributed by atoms with Crippen molar-refractivity contribution < 1.29 is 14.6 Å². The Kier molecular flexibility index (Phi) is 4.72. The summed E-state index contributed by atoms with van der Waals surface area (Å²) in [6, 6.07) is 0. The Balaban J connectivity index is 2.17. The Labute approximate surface area is 118 Å². The van der Waals surface area contributed by atoms with Gasteiger partial charge in [0.15, 0.2) is 0 Å². The molecule has 0 saturated carbocycles. The SMILES string of the molecule is COCCn1cnnc1C1(C)CCCN(C(=O)CO)C1. The maximum atomic E-state index is 11.7. The van der Waals surface area contributed by atoms with E-state index in [-0.39, 0.29) is 11.3 Å². The van der Waals surface area contributed by atoms with Crippen molar-refractivity contribution in [2.24, 2.45) is 0 Å². The van der Waals surface area contributed by atoms with Gasteiger partial charge in [-0.05, 0) is 12.8 Å². The number of ether oxygens (including phenoxy) is 1. The molecule has 1 N–H and O–H groups in total. The van der Waals surface area contributed by atoms with Crippen LogP contribution in [0.15, 0.2) is 6.33 Å². The van der Waals surface area contributed by atoms with Gasteiger partial charge in [-0.2, -0.15) is 0 Å². The summed E-state index contributed by atoms with van der Waals surface area (Å²) in [5.74, 6) is 0.656. The van der Waals surface area contributed by atoms with Crippen molar-refractivity contribution >= 4 is 5.91 Å². The number of rotatable bonds is 5. The summed E-state index contributed by atoms with van der Waals surface area (Å²) in [6.45, 7) is 4.21. The Morgan fingerprint density at radius 1 is 1.60 bits per heavy atom. The number of methoxy groups -OCH3 is 1. The van der Waals surface area contributed by atoms with E-state index in [2.05, 4.69) is 17.1 Å². The van der Waals surface area contributed by atoms with E-state index >= 15 is 0 Å². The van der Waals surface area contributed by atoms with Gasteiger partial charge in [-0.25, -0.2) is 0 Å². The fourth-order valence-corrected chi connectivity index (χ4v) is 2.81. The minimum atomic E-state index is -0.438. The average Bonchev–Trinajstić information content (AvgIpc) is 2.93. The second-order valence-corrected chi connectivity index (χ2v) is 5.48. The van der Waals surface area contributed by atoms with Crippen molar-refractivity contribution in [1.82, 2.24) is 19.7 Å². The maximum absolute atomic E-state index is 11.7. The van der Waals surface area contributed by atoms with Gasteiger partial charge in [0.05, 0.1) is 6.61 Å². The van der Waals surface area contributed by atoms with E-state index < -0.39 is 6.61 Å². The highest BCUT2D eigenvalue weighted by Crippen LogP contribution is 2.32. The van der Waals surface area contributed by atoms with Crippen LogP contribution in [0.5, 0.6) is 0 Å². The molecule has 1 fully saturated rings. The van der Waals surface area contributed by atoms with Crippen LogP contribution >= 0.6 is 0 Å². The third kappa shape index (κ3) is 2.99. The number of aliphatic hydroxyl groups excluding tert-OH is 1. The van der Waals surface area contributed by atoms with Crippen LogP contribution in [0.3, 0.4) is 0 Å². The number of carbonyl (C=O) groups excluding carboxylic acids is 1. The predicted octanol–water partition coefficient (Wildman–Crippen LogP) is -0.203. The highest BCUT2D eigenvalue weighted by atomic mass is 16.5. The number of piperidine rings is 1. The molecule has 2 heterocycles. The topological polar surface area (TPSA) is 80.5 Å². The molecule has 0 radical (unpaired) electrons. The van der Waals surface area contributed by atoms with Crippen LogP contribution in [-0.4, -0.2) is 64.1 Å². The van der Waals surface area contributed by atoms with E-state index in [1.807, 2.05) is 4.57 Å². The number of aliphatic hydroxyl groups is 1. The second-order valence-electron chi connectivity index (χ2n) is 5.48. The highest BCUT2D eigenvalue weighted by Gasteiger charge is 2.38. The van der Waals surface area contributed by atoms with Crippen molar-refractivity contribution in [1.29, 1.82) is 0 Å². The van der Waals surface area contributed by atoms with Crippen molar-refractivity contribution in [2.45, 2.75) is 31.7 Å². The van der Waals surface area contributed by atoms with Crippen molar-refractivity contribution in [3.05, 3.63) is 12.2 Å². The minimum absolute atomic E-state index is 0.223. The molecule has 0 aliphatic carbocycles. The van der Waals surface area contributed by atoms with Crippen LogP contribution in [0, 0.1) is 0 Å². The summed E-state index contributed by atoms with van der Waals surface area (Å²) < 4.78 is 7.08. The Hall–Kier alpha value is -1.47. The summed E-state index contributed by atoms with van der Waals surface area (Å²) >= 11 is 0. The van der Waals surface area contributed by atoms with E-state index in [1.54, 1.807) is 18.3 Å². The molecule has 7 heteroatoms. The highest BCUT2D eigenvalue weighted by molar-refractivity contribution is 5.77. The molecule has 2 rings (SSSR count). The van der Waals surface area contributed by atoms with Crippen LogP contribution < -0.4 is 0 Å². The van der Waals surface area contributed by atoms with E-state index in [4.69, 9.17) is 9.84 Å². The van der Waals surface area contributed by atoms with Gasteiger partial charge in [-0.3, -0.25) is 4.79 Å². The molecule has 1 unspecified atom stereocenters. The number of amides is 1. The molecule has 1 amide bonds. The first-order valence-electron chi connectivity index (χ1n) is 6.86. The molecule has 1 aromatic rings. The molecule has 0 bridgehead atoms. The first kappa shape index (κ1) is 14.9. The Bertz CT molecular complexity index is 462. The zero-order valence-electron chi connectivity index (χ0n) is 12.1. The number of hydrogen-bond acceptors (Lipinski definition) is 5. The normalized spacial score (nSPS) is 23.1. The van der Waals surface area contributed by atoms with Crippen LogP contribution in [0.25, 0.3) is 0 Å². The largest absolute Gasteiger partial charge is 0.387 e. The van der Waals surface area contributed by atoms with Crippen LogP contribution in [-0.2, 0) is 21.5 Å². The van der Waals surface area contributed by atoms with Crippen molar-refractivity contribution in [3.8, 4) is 0 Å². The second kappa shape index (κ2) is 6.32. The molecular formula is C13H22N4O3. The van der Waals surface area contributed by atoms with E-state index in [0.29, 0.717) is 26.2 Å². The van der Waals surface area contributed by atoms with E-state index in [9.17, 15) is 4.79 Å². The molecule has 0 aromatic carbocycles. The predicted molar refractivity (Wildman–Crippen MR) is 72.1 cm³/mol. The zero-order valence-corrected chi connectivity index (χ0v) is 12.1. The lowest BCUT2D eigenvalue weighted by molar-refractivity contribution is -0.136. The summed E-state index contributed by atoms with van der Waals surface area (Å²) in [7, 11) is 1.66. The van der Waals surface area contributed by atoms with Crippen LogP contribution in [0.1, 0.15) is 25.6 Å². The molecule has 1 aromatic heterocycles. The standard InChI is InChI=1S/C13H22N4O3/c1-13(4-3-5-16(9-13)11(19)8-18)12-15-14-10-17(12)6-7-20-2/h10,18H,3-9H2,1-2H3. The molecular weight excluding hydrogens is 260 g/mol. The fraction of sp³-hybridized carbons (Fsp3) is 0.769. The smallest absolute Gasteiger partial charge is 0.248 e. The quantitative estimate of drug-likeness (QED) is 0.809. The summed E-state index contributed by atoms with van der Waals surface area (Å²) in [4.78, 5) is 13.4. The van der Waals surface area contributed by atoms with Gasteiger partial charge in [0.2, 0.25) is 5.91 Å². The average molecular weight is 282 g/mol. The molecule has 112 valence electrons. The molecule has 1 atom stereocenters. The maximum Gasteiger partial charge on any atom is 0.248 e. The molecule has 20 heavy (non-hydrogen) atoms.